The van der Waals surface area contributed by atoms with Crippen LogP contribution in [0.15, 0.2) is 23.3 Å². The number of hydrazone groups is 1. The van der Waals surface area contributed by atoms with Crippen LogP contribution in [-0.4, -0.2) is 44.8 Å². The first kappa shape index (κ1) is 16.1. The van der Waals surface area contributed by atoms with Gasteiger partial charge in [0.15, 0.2) is 0 Å². The molecule has 0 bridgehead atoms. The molecular formula is C15H18F3N3O2. The second kappa shape index (κ2) is 6.37. The van der Waals surface area contributed by atoms with E-state index in [1.54, 1.807) is 11.0 Å². The molecule has 2 aliphatic heterocycles. The Morgan fingerprint density at radius 3 is 2.78 bits per heavy atom. The van der Waals surface area contributed by atoms with Crippen molar-refractivity contribution in [3.8, 4) is 0 Å². The van der Waals surface area contributed by atoms with Gasteiger partial charge in [-0.1, -0.05) is 6.07 Å². The predicted octanol–water partition coefficient (Wildman–Crippen LogP) is 2.21. The van der Waals surface area contributed by atoms with Crippen LogP contribution in [-0.2, 0) is 15.7 Å². The van der Waals surface area contributed by atoms with Crippen LogP contribution in [0.2, 0.25) is 0 Å². The molecule has 1 aromatic carbocycles. The van der Waals surface area contributed by atoms with Crippen molar-refractivity contribution < 1.29 is 22.6 Å². The number of ether oxygens (including phenoxy) is 2. The molecule has 0 unspecified atom stereocenters. The lowest BCUT2D eigenvalue weighted by Gasteiger charge is -2.41. The second-order valence-electron chi connectivity index (χ2n) is 5.42. The molecule has 2 aliphatic rings. The Morgan fingerprint density at radius 2 is 2.17 bits per heavy atom. The summed E-state index contributed by atoms with van der Waals surface area (Å²) in [6.07, 6.45) is -4.42. The molecular weight excluding hydrogens is 311 g/mol. The van der Waals surface area contributed by atoms with Crippen molar-refractivity contribution >= 4 is 11.4 Å². The van der Waals surface area contributed by atoms with Crippen LogP contribution in [0, 0.1) is 0 Å². The third-order valence-electron chi connectivity index (χ3n) is 3.85. The van der Waals surface area contributed by atoms with E-state index >= 15 is 0 Å². The van der Waals surface area contributed by atoms with Crippen molar-refractivity contribution in [3.05, 3.63) is 29.3 Å². The zero-order valence-corrected chi connectivity index (χ0v) is 12.7. The average molecular weight is 329 g/mol. The minimum Gasteiger partial charge on any atom is -0.375 e. The first-order chi connectivity index (χ1) is 11.0. The third kappa shape index (κ3) is 3.42. The number of alkyl halides is 3. The molecule has 0 radical (unpaired) electrons. The Bertz CT molecular complexity index is 598. The molecule has 3 rings (SSSR count). The number of benzene rings is 1. The quantitative estimate of drug-likeness (QED) is 0.920. The largest absolute Gasteiger partial charge is 0.418 e. The summed E-state index contributed by atoms with van der Waals surface area (Å²) in [6, 6.07) is 4.28. The van der Waals surface area contributed by atoms with E-state index in [4.69, 9.17) is 9.47 Å². The number of halogens is 3. The van der Waals surface area contributed by atoms with E-state index in [1.807, 2.05) is 6.92 Å². The van der Waals surface area contributed by atoms with E-state index in [2.05, 4.69) is 10.5 Å². The number of anilines is 1. The predicted molar refractivity (Wildman–Crippen MR) is 79.6 cm³/mol. The maximum absolute atomic E-state index is 13.4. The van der Waals surface area contributed by atoms with Crippen molar-refractivity contribution in [1.82, 2.24) is 5.43 Å². The van der Waals surface area contributed by atoms with Gasteiger partial charge in [0.25, 0.3) is 0 Å². The highest BCUT2D eigenvalue weighted by Crippen LogP contribution is 2.39. The van der Waals surface area contributed by atoms with E-state index in [1.165, 1.54) is 6.07 Å². The van der Waals surface area contributed by atoms with Gasteiger partial charge >= 0.3 is 6.18 Å². The van der Waals surface area contributed by atoms with Gasteiger partial charge in [-0.05, 0) is 19.1 Å². The molecule has 5 nitrogen and oxygen atoms in total. The summed E-state index contributed by atoms with van der Waals surface area (Å²) in [5.74, 6) is 0. The van der Waals surface area contributed by atoms with Crippen LogP contribution < -0.4 is 10.3 Å². The molecule has 23 heavy (non-hydrogen) atoms. The fraction of sp³-hybridized carbons (Fsp3) is 0.533. The van der Waals surface area contributed by atoms with Crippen molar-refractivity contribution in [2.24, 2.45) is 5.10 Å². The number of hydrogen-bond acceptors (Lipinski definition) is 5. The Labute approximate surface area is 132 Å². The van der Waals surface area contributed by atoms with Crippen LogP contribution >= 0.6 is 0 Å². The second-order valence-corrected chi connectivity index (χ2v) is 5.42. The van der Waals surface area contributed by atoms with Gasteiger partial charge in [-0.3, -0.25) is 5.43 Å². The maximum atomic E-state index is 13.4. The molecule has 0 saturated carbocycles. The molecule has 1 saturated heterocycles. The highest BCUT2D eigenvalue weighted by Gasteiger charge is 2.38. The van der Waals surface area contributed by atoms with E-state index in [0.29, 0.717) is 31.0 Å². The smallest absolute Gasteiger partial charge is 0.375 e. The number of nitrogens with zero attached hydrogens (tertiary/aromatic N) is 2. The average Bonchev–Trinajstić information content (AvgIpc) is 2.50. The molecule has 0 aromatic heterocycles. The fourth-order valence-corrected chi connectivity index (χ4v) is 2.70. The molecule has 1 fully saturated rings. The first-order valence-corrected chi connectivity index (χ1v) is 7.44. The van der Waals surface area contributed by atoms with Gasteiger partial charge in [0.05, 0.1) is 24.0 Å². The Hall–Kier alpha value is -1.80. The lowest BCUT2D eigenvalue weighted by atomic mass is 10.0. The fourth-order valence-electron chi connectivity index (χ4n) is 2.70. The summed E-state index contributed by atoms with van der Waals surface area (Å²) >= 11 is 0. The van der Waals surface area contributed by atoms with Gasteiger partial charge < -0.3 is 14.4 Å². The summed E-state index contributed by atoms with van der Waals surface area (Å²) in [4.78, 5) is 1.68. The molecule has 8 heteroatoms. The Balaban J connectivity index is 1.87. The summed E-state index contributed by atoms with van der Waals surface area (Å²) in [6.45, 7) is 3.85. The van der Waals surface area contributed by atoms with E-state index < -0.39 is 11.7 Å². The van der Waals surface area contributed by atoms with Gasteiger partial charge in [-0.2, -0.15) is 18.3 Å². The van der Waals surface area contributed by atoms with Gasteiger partial charge in [0, 0.05) is 30.9 Å². The zero-order chi connectivity index (χ0) is 16.4. The standard InChI is InChI=1S/C15H18F3N3O2/c1-2-23-11-6-21(7-11)14-4-3-10(5-12(14)15(16,17)18)13-8-22-9-19-20-13/h3-5,11,19H,2,6-9H2,1H3. The number of hydrogen-bond donors (Lipinski definition) is 1. The minimum atomic E-state index is -4.43. The maximum Gasteiger partial charge on any atom is 0.418 e. The van der Waals surface area contributed by atoms with Crippen molar-refractivity contribution in [3.63, 3.8) is 0 Å². The third-order valence-corrected chi connectivity index (χ3v) is 3.85. The van der Waals surface area contributed by atoms with Crippen molar-refractivity contribution in [2.45, 2.75) is 19.2 Å². The van der Waals surface area contributed by atoms with E-state index in [9.17, 15) is 13.2 Å². The van der Waals surface area contributed by atoms with Crippen molar-refractivity contribution in [2.75, 3.05) is 37.9 Å². The van der Waals surface area contributed by atoms with Gasteiger partial charge in [0.2, 0.25) is 0 Å². The molecule has 0 aliphatic carbocycles. The van der Waals surface area contributed by atoms with Gasteiger partial charge in [-0.25, -0.2) is 0 Å². The lowest BCUT2D eigenvalue weighted by molar-refractivity contribution is -0.137. The van der Waals surface area contributed by atoms with E-state index in [0.717, 1.165) is 6.07 Å². The summed E-state index contributed by atoms with van der Waals surface area (Å²) < 4.78 is 50.8. The van der Waals surface area contributed by atoms with Crippen LogP contribution in [0.25, 0.3) is 0 Å². The Kier molecular flexibility index (Phi) is 4.45. The number of rotatable bonds is 4. The zero-order valence-electron chi connectivity index (χ0n) is 12.7. The van der Waals surface area contributed by atoms with Crippen LogP contribution in [0.4, 0.5) is 18.9 Å². The van der Waals surface area contributed by atoms with Gasteiger partial charge in [0.1, 0.15) is 6.73 Å². The Morgan fingerprint density at radius 1 is 1.39 bits per heavy atom. The topological polar surface area (TPSA) is 46.1 Å². The summed E-state index contributed by atoms with van der Waals surface area (Å²) in [5.41, 5.74) is 3.03. The molecule has 126 valence electrons. The molecule has 1 aromatic rings. The van der Waals surface area contributed by atoms with Crippen LogP contribution in [0.3, 0.4) is 0 Å². The van der Waals surface area contributed by atoms with Crippen molar-refractivity contribution in [1.29, 1.82) is 0 Å². The minimum absolute atomic E-state index is 0.001000. The monoisotopic (exact) mass is 329 g/mol. The van der Waals surface area contributed by atoms with Crippen LogP contribution in [0.1, 0.15) is 18.1 Å². The normalized spacial score (nSPS) is 19.1. The number of nitrogens with one attached hydrogen (secondary N) is 1. The molecule has 1 N–H and O–H groups in total. The van der Waals surface area contributed by atoms with Gasteiger partial charge in [-0.15, -0.1) is 0 Å². The SMILES string of the molecule is CCOC1CN(c2ccc(C3=NNCOC3)cc2C(F)(F)F)C1. The van der Waals surface area contributed by atoms with Crippen LogP contribution in [0.5, 0.6) is 0 Å². The molecule has 0 atom stereocenters. The van der Waals surface area contributed by atoms with E-state index in [-0.39, 0.29) is 25.1 Å². The first-order valence-electron chi connectivity index (χ1n) is 7.44. The summed E-state index contributed by atoms with van der Waals surface area (Å²) in [5, 5.41) is 4.01. The highest BCUT2D eigenvalue weighted by molar-refractivity contribution is 6.02. The molecule has 2 heterocycles. The lowest BCUT2D eigenvalue weighted by Crippen LogP contribution is -2.53. The molecule has 0 spiro atoms. The summed E-state index contributed by atoms with van der Waals surface area (Å²) in [7, 11) is 0. The highest BCUT2D eigenvalue weighted by atomic mass is 19.4. The molecule has 0 amide bonds.